The first-order valence-corrected chi connectivity index (χ1v) is 7.62. The zero-order chi connectivity index (χ0) is 15.1. The lowest BCUT2D eigenvalue weighted by Crippen LogP contribution is -2.46. The summed E-state index contributed by atoms with van der Waals surface area (Å²) in [7, 11) is 1.78. The third kappa shape index (κ3) is 5.80. The zero-order valence-electron chi connectivity index (χ0n) is 13.0. The van der Waals surface area contributed by atoms with Gasteiger partial charge in [-0.05, 0) is 24.7 Å². The van der Waals surface area contributed by atoms with Gasteiger partial charge in [0.25, 0.3) is 0 Å². The van der Waals surface area contributed by atoms with Crippen LogP contribution in [0.25, 0.3) is 0 Å². The van der Waals surface area contributed by atoms with Gasteiger partial charge in [-0.15, -0.1) is 0 Å². The molecule has 5 heteroatoms. The number of carbonyl (C=O) groups is 2. The van der Waals surface area contributed by atoms with E-state index >= 15 is 0 Å². The molecule has 1 aliphatic carbocycles. The molecule has 0 heterocycles. The summed E-state index contributed by atoms with van der Waals surface area (Å²) in [6.07, 6.45) is 6.16. The first-order valence-electron chi connectivity index (χ1n) is 7.62. The van der Waals surface area contributed by atoms with E-state index in [1.54, 1.807) is 11.9 Å². The molecule has 0 aromatic rings. The minimum atomic E-state index is -0.954. The fraction of sp³-hybridized carbons (Fsp3) is 0.867. The van der Waals surface area contributed by atoms with Gasteiger partial charge >= 0.3 is 12.0 Å². The number of hydrogen-bond donors (Lipinski definition) is 1. The molecule has 0 radical (unpaired) electrons. The van der Waals surface area contributed by atoms with Crippen LogP contribution in [0.2, 0.25) is 0 Å². The Balaban J connectivity index is 2.54. The van der Waals surface area contributed by atoms with E-state index in [-0.39, 0.29) is 18.5 Å². The van der Waals surface area contributed by atoms with Crippen LogP contribution in [0.15, 0.2) is 0 Å². The Bertz CT molecular complexity index is 325. The summed E-state index contributed by atoms with van der Waals surface area (Å²) in [6.45, 7) is 4.99. The van der Waals surface area contributed by atoms with Gasteiger partial charge in [-0.2, -0.15) is 0 Å². The molecule has 1 N–H and O–H groups in total. The van der Waals surface area contributed by atoms with E-state index in [9.17, 15) is 9.59 Å². The second kappa shape index (κ2) is 8.12. The van der Waals surface area contributed by atoms with Crippen LogP contribution < -0.4 is 0 Å². The number of nitrogens with zero attached hydrogens (tertiary/aromatic N) is 2. The molecule has 0 aromatic carbocycles. The van der Waals surface area contributed by atoms with Crippen molar-refractivity contribution >= 4 is 12.0 Å². The predicted octanol–water partition coefficient (Wildman–Crippen LogP) is 2.66. The van der Waals surface area contributed by atoms with Gasteiger partial charge in [0.1, 0.15) is 6.54 Å². The van der Waals surface area contributed by atoms with Crippen molar-refractivity contribution in [3.63, 3.8) is 0 Å². The molecule has 0 aliphatic heterocycles. The molecule has 0 atom stereocenters. The van der Waals surface area contributed by atoms with Crippen LogP contribution in [0.5, 0.6) is 0 Å². The number of rotatable bonds is 6. The Morgan fingerprint density at radius 3 is 2.30 bits per heavy atom. The van der Waals surface area contributed by atoms with Gasteiger partial charge in [-0.25, -0.2) is 4.79 Å². The highest BCUT2D eigenvalue weighted by Gasteiger charge is 2.24. The molecule has 5 nitrogen and oxygen atoms in total. The minimum absolute atomic E-state index is 0.160. The maximum atomic E-state index is 12.4. The van der Waals surface area contributed by atoms with Crippen molar-refractivity contribution in [1.82, 2.24) is 9.80 Å². The van der Waals surface area contributed by atoms with E-state index in [2.05, 4.69) is 0 Å². The number of carboxylic acid groups (broad SMARTS) is 1. The van der Waals surface area contributed by atoms with Crippen LogP contribution in [0.3, 0.4) is 0 Å². The number of hydrogen-bond acceptors (Lipinski definition) is 2. The second-order valence-corrected chi connectivity index (χ2v) is 6.34. The first-order chi connectivity index (χ1) is 9.40. The SMILES string of the molecule is CC(C)CN(CC(=O)O)C(=O)N(C)CC1CCCCC1. The van der Waals surface area contributed by atoms with E-state index in [0.717, 1.165) is 6.54 Å². The van der Waals surface area contributed by atoms with Gasteiger partial charge in [-0.3, -0.25) is 4.79 Å². The molecule has 2 amide bonds. The molecule has 0 unspecified atom stereocenters. The van der Waals surface area contributed by atoms with Crippen LogP contribution in [0, 0.1) is 11.8 Å². The Morgan fingerprint density at radius 2 is 1.80 bits per heavy atom. The molecule has 0 bridgehead atoms. The highest BCUT2D eigenvalue weighted by Crippen LogP contribution is 2.24. The van der Waals surface area contributed by atoms with E-state index in [4.69, 9.17) is 5.11 Å². The third-order valence-electron chi connectivity index (χ3n) is 3.77. The first kappa shape index (κ1) is 16.8. The highest BCUT2D eigenvalue weighted by molar-refractivity contribution is 5.80. The minimum Gasteiger partial charge on any atom is -0.480 e. The molecular formula is C15H28N2O3. The summed E-state index contributed by atoms with van der Waals surface area (Å²) in [6, 6.07) is -0.160. The summed E-state index contributed by atoms with van der Waals surface area (Å²) >= 11 is 0. The number of urea groups is 1. The van der Waals surface area contributed by atoms with Gasteiger partial charge in [0.15, 0.2) is 0 Å². The summed E-state index contributed by atoms with van der Waals surface area (Å²) in [5.41, 5.74) is 0. The van der Waals surface area contributed by atoms with Crippen molar-refractivity contribution in [2.75, 3.05) is 26.7 Å². The fourth-order valence-corrected chi connectivity index (χ4v) is 2.89. The third-order valence-corrected chi connectivity index (χ3v) is 3.77. The van der Waals surface area contributed by atoms with Gasteiger partial charge in [-0.1, -0.05) is 33.1 Å². The number of carboxylic acids is 1. The molecule has 116 valence electrons. The summed E-state index contributed by atoms with van der Waals surface area (Å²) < 4.78 is 0. The summed E-state index contributed by atoms with van der Waals surface area (Å²) in [5.74, 6) is -0.116. The number of amides is 2. The molecular weight excluding hydrogens is 256 g/mol. The van der Waals surface area contributed by atoms with Gasteiger partial charge < -0.3 is 14.9 Å². The Morgan fingerprint density at radius 1 is 1.20 bits per heavy atom. The van der Waals surface area contributed by atoms with E-state index < -0.39 is 5.97 Å². The Hall–Kier alpha value is -1.26. The monoisotopic (exact) mass is 284 g/mol. The largest absolute Gasteiger partial charge is 0.480 e. The summed E-state index contributed by atoms with van der Waals surface area (Å²) in [4.78, 5) is 26.4. The van der Waals surface area contributed by atoms with Crippen LogP contribution in [-0.4, -0.2) is 53.6 Å². The van der Waals surface area contributed by atoms with E-state index in [1.165, 1.54) is 37.0 Å². The Labute approximate surface area is 121 Å². The van der Waals surface area contributed by atoms with Gasteiger partial charge in [0, 0.05) is 20.1 Å². The number of aliphatic carboxylic acids is 1. The van der Waals surface area contributed by atoms with Crippen molar-refractivity contribution in [3.05, 3.63) is 0 Å². The van der Waals surface area contributed by atoms with E-state index in [1.807, 2.05) is 13.8 Å². The van der Waals surface area contributed by atoms with Crippen LogP contribution in [0.4, 0.5) is 4.79 Å². The topological polar surface area (TPSA) is 60.9 Å². The van der Waals surface area contributed by atoms with Gasteiger partial charge in [0.05, 0.1) is 0 Å². The lowest BCUT2D eigenvalue weighted by molar-refractivity contribution is -0.137. The molecule has 1 saturated carbocycles. The van der Waals surface area contributed by atoms with Gasteiger partial charge in [0.2, 0.25) is 0 Å². The average molecular weight is 284 g/mol. The zero-order valence-corrected chi connectivity index (χ0v) is 13.0. The maximum absolute atomic E-state index is 12.4. The maximum Gasteiger partial charge on any atom is 0.323 e. The van der Waals surface area contributed by atoms with Crippen molar-refractivity contribution in [1.29, 1.82) is 0 Å². The average Bonchev–Trinajstić information content (AvgIpc) is 2.37. The smallest absolute Gasteiger partial charge is 0.323 e. The lowest BCUT2D eigenvalue weighted by Gasteiger charge is -2.31. The van der Waals surface area contributed by atoms with Crippen LogP contribution in [0.1, 0.15) is 46.0 Å². The standard InChI is InChI=1S/C15H28N2O3/c1-12(2)9-17(11-14(18)19)15(20)16(3)10-13-7-5-4-6-8-13/h12-13H,4-11H2,1-3H3,(H,18,19). The quantitative estimate of drug-likeness (QED) is 0.815. The summed E-state index contributed by atoms with van der Waals surface area (Å²) in [5, 5.41) is 8.94. The molecule has 1 fully saturated rings. The van der Waals surface area contributed by atoms with Crippen molar-refractivity contribution in [2.45, 2.75) is 46.0 Å². The van der Waals surface area contributed by atoms with Crippen molar-refractivity contribution < 1.29 is 14.7 Å². The molecule has 20 heavy (non-hydrogen) atoms. The van der Waals surface area contributed by atoms with E-state index in [0.29, 0.717) is 12.5 Å². The number of carbonyl (C=O) groups excluding carboxylic acids is 1. The fourth-order valence-electron chi connectivity index (χ4n) is 2.89. The van der Waals surface area contributed by atoms with Crippen molar-refractivity contribution in [2.24, 2.45) is 11.8 Å². The predicted molar refractivity (Wildman–Crippen MR) is 78.6 cm³/mol. The molecule has 0 spiro atoms. The van der Waals surface area contributed by atoms with Crippen LogP contribution >= 0.6 is 0 Å². The van der Waals surface area contributed by atoms with Crippen LogP contribution in [-0.2, 0) is 4.79 Å². The molecule has 0 saturated heterocycles. The Kier molecular flexibility index (Phi) is 6.82. The lowest BCUT2D eigenvalue weighted by atomic mass is 9.89. The second-order valence-electron chi connectivity index (χ2n) is 6.34. The van der Waals surface area contributed by atoms with Crippen molar-refractivity contribution in [3.8, 4) is 0 Å². The molecule has 1 aliphatic rings. The normalized spacial score (nSPS) is 16.2. The molecule has 1 rings (SSSR count). The highest BCUT2D eigenvalue weighted by atomic mass is 16.4. The molecule has 0 aromatic heterocycles.